The Morgan fingerprint density at radius 3 is 3.00 bits per heavy atom. The minimum atomic E-state index is -1.01. The van der Waals surface area contributed by atoms with Crippen LogP contribution in [0, 0.1) is 0 Å². The molecule has 16 heavy (non-hydrogen) atoms. The SMILES string of the molecule is C[C@@]1(O)CCN(c2nc(CO)cs2)C[C@H]1O. The van der Waals surface area contributed by atoms with E-state index in [9.17, 15) is 10.2 Å². The van der Waals surface area contributed by atoms with Gasteiger partial charge in [-0.15, -0.1) is 11.3 Å². The molecule has 0 spiro atoms. The Labute approximate surface area is 98.0 Å². The molecule has 2 heterocycles. The largest absolute Gasteiger partial charge is 0.390 e. The first-order valence-electron chi connectivity index (χ1n) is 5.23. The maximum Gasteiger partial charge on any atom is 0.185 e. The van der Waals surface area contributed by atoms with E-state index in [1.54, 1.807) is 12.3 Å². The highest BCUT2D eigenvalue weighted by molar-refractivity contribution is 7.13. The van der Waals surface area contributed by atoms with Gasteiger partial charge in [-0.2, -0.15) is 0 Å². The number of nitrogens with zero attached hydrogens (tertiary/aromatic N) is 2. The van der Waals surface area contributed by atoms with E-state index in [1.807, 2.05) is 4.90 Å². The van der Waals surface area contributed by atoms with Crippen LogP contribution in [0.4, 0.5) is 5.13 Å². The average molecular weight is 244 g/mol. The minimum Gasteiger partial charge on any atom is -0.390 e. The maximum absolute atomic E-state index is 9.83. The van der Waals surface area contributed by atoms with Crippen LogP contribution < -0.4 is 4.90 Å². The predicted molar refractivity (Wildman–Crippen MR) is 61.5 cm³/mol. The smallest absolute Gasteiger partial charge is 0.185 e. The lowest BCUT2D eigenvalue weighted by Crippen LogP contribution is -2.53. The number of hydrogen-bond acceptors (Lipinski definition) is 6. The molecule has 3 N–H and O–H groups in total. The van der Waals surface area contributed by atoms with E-state index in [0.29, 0.717) is 25.2 Å². The summed E-state index contributed by atoms with van der Waals surface area (Å²) in [6.07, 6.45) is -0.245. The lowest BCUT2D eigenvalue weighted by atomic mass is 9.91. The van der Waals surface area contributed by atoms with E-state index in [1.165, 1.54) is 11.3 Å². The van der Waals surface area contributed by atoms with Gasteiger partial charge in [0.25, 0.3) is 0 Å². The van der Waals surface area contributed by atoms with Crippen LogP contribution in [0.2, 0.25) is 0 Å². The van der Waals surface area contributed by atoms with Crippen LogP contribution >= 0.6 is 11.3 Å². The van der Waals surface area contributed by atoms with Crippen LogP contribution in [-0.2, 0) is 6.61 Å². The molecular formula is C10H16N2O3S. The van der Waals surface area contributed by atoms with Crippen LogP contribution in [0.25, 0.3) is 0 Å². The molecule has 1 aliphatic heterocycles. The molecule has 1 saturated heterocycles. The van der Waals surface area contributed by atoms with Crippen LogP contribution in [-0.4, -0.2) is 45.1 Å². The number of rotatable bonds is 2. The summed E-state index contributed by atoms with van der Waals surface area (Å²) >= 11 is 1.44. The Bertz CT molecular complexity index is 367. The van der Waals surface area contributed by atoms with Gasteiger partial charge in [0.2, 0.25) is 0 Å². The average Bonchev–Trinajstić information content (AvgIpc) is 2.70. The summed E-state index contributed by atoms with van der Waals surface area (Å²) < 4.78 is 0. The number of aromatic nitrogens is 1. The molecule has 1 aromatic heterocycles. The zero-order chi connectivity index (χ0) is 11.8. The number of β-amino-alcohol motifs (C(OH)–C–C–N with tert-alkyl or cyclic N) is 1. The summed E-state index contributed by atoms with van der Waals surface area (Å²) in [5.74, 6) is 0. The van der Waals surface area contributed by atoms with Gasteiger partial charge in [0.05, 0.1) is 24.0 Å². The monoisotopic (exact) mass is 244 g/mol. The van der Waals surface area contributed by atoms with Crippen molar-refractivity contribution in [3.05, 3.63) is 11.1 Å². The molecule has 0 saturated carbocycles. The number of aliphatic hydroxyl groups is 3. The second-order valence-electron chi connectivity index (χ2n) is 4.35. The van der Waals surface area contributed by atoms with Crippen molar-refractivity contribution in [2.45, 2.75) is 31.7 Å². The van der Waals surface area contributed by atoms with Gasteiger partial charge in [-0.1, -0.05) is 0 Å². The zero-order valence-electron chi connectivity index (χ0n) is 9.13. The van der Waals surface area contributed by atoms with Crippen LogP contribution in [0.1, 0.15) is 19.0 Å². The second kappa shape index (κ2) is 4.29. The molecule has 2 rings (SSSR count). The van der Waals surface area contributed by atoms with Crippen LogP contribution in [0.15, 0.2) is 5.38 Å². The number of thiazole rings is 1. The first-order valence-corrected chi connectivity index (χ1v) is 6.11. The first kappa shape index (κ1) is 11.8. The van der Waals surface area contributed by atoms with Crippen molar-refractivity contribution in [1.82, 2.24) is 4.98 Å². The molecule has 1 fully saturated rings. The van der Waals surface area contributed by atoms with Crippen molar-refractivity contribution in [3.63, 3.8) is 0 Å². The third-order valence-electron chi connectivity index (χ3n) is 2.97. The van der Waals surface area contributed by atoms with Crippen LogP contribution in [0.3, 0.4) is 0 Å². The van der Waals surface area contributed by atoms with Crippen molar-refractivity contribution in [3.8, 4) is 0 Å². The molecule has 0 aliphatic carbocycles. The summed E-state index contributed by atoms with van der Waals surface area (Å²) in [6.45, 7) is 2.63. The van der Waals surface area contributed by atoms with Crippen LogP contribution in [0.5, 0.6) is 0 Å². The van der Waals surface area contributed by atoms with E-state index < -0.39 is 11.7 Å². The predicted octanol–water partition coefficient (Wildman–Crippen LogP) is -0.0426. The third-order valence-corrected chi connectivity index (χ3v) is 3.92. The van der Waals surface area contributed by atoms with Gasteiger partial charge < -0.3 is 20.2 Å². The van der Waals surface area contributed by atoms with Crippen molar-refractivity contribution < 1.29 is 15.3 Å². The second-order valence-corrected chi connectivity index (χ2v) is 5.19. The lowest BCUT2D eigenvalue weighted by molar-refractivity contribution is -0.0721. The molecule has 0 radical (unpaired) electrons. The molecule has 6 heteroatoms. The van der Waals surface area contributed by atoms with E-state index in [0.717, 1.165) is 5.13 Å². The Balaban J connectivity index is 2.07. The number of aliphatic hydroxyl groups excluding tert-OH is 2. The molecular weight excluding hydrogens is 228 g/mol. The molecule has 0 unspecified atom stereocenters. The van der Waals surface area contributed by atoms with Crippen molar-refractivity contribution >= 4 is 16.5 Å². The minimum absolute atomic E-state index is 0.0649. The number of hydrogen-bond donors (Lipinski definition) is 3. The molecule has 1 aromatic rings. The summed E-state index contributed by atoms with van der Waals surface area (Å²) in [5, 5.41) is 31.1. The fourth-order valence-electron chi connectivity index (χ4n) is 1.71. The molecule has 0 amide bonds. The van der Waals surface area contributed by atoms with E-state index in [-0.39, 0.29) is 6.61 Å². The van der Waals surface area contributed by atoms with Gasteiger partial charge in [0, 0.05) is 18.5 Å². The van der Waals surface area contributed by atoms with Gasteiger partial charge >= 0.3 is 0 Å². The Kier molecular flexibility index (Phi) is 3.16. The van der Waals surface area contributed by atoms with Crippen molar-refractivity contribution in [2.24, 2.45) is 0 Å². The molecule has 0 aromatic carbocycles. The summed E-state index contributed by atoms with van der Waals surface area (Å²) in [6, 6.07) is 0. The number of anilines is 1. The van der Waals surface area contributed by atoms with Crippen molar-refractivity contribution in [2.75, 3.05) is 18.0 Å². The zero-order valence-corrected chi connectivity index (χ0v) is 9.94. The standard InChI is InChI=1S/C10H16N2O3S/c1-10(15)2-3-12(4-8(10)14)9-11-7(5-13)6-16-9/h6,8,13-15H,2-5H2,1H3/t8-,10-/m1/s1. The van der Waals surface area contributed by atoms with Gasteiger partial charge in [0.1, 0.15) is 0 Å². The molecule has 90 valence electrons. The van der Waals surface area contributed by atoms with Gasteiger partial charge in [0.15, 0.2) is 5.13 Å². The van der Waals surface area contributed by atoms with Crippen molar-refractivity contribution in [1.29, 1.82) is 0 Å². The highest BCUT2D eigenvalue weighted by Crippen LogP contribution is 2.28. The molecule has 5 nitrogen and oxygen atoms in total. The van der Waals surface area contributed by atoms with Gasteiger partial charge in [-0.05, 0) is 13.3 Å². The molecule has 2 atom stereocenters. The Morgan fingerprint density at radius 1 is 1.69 bits per heavy atom. The van der Waals surface area contributed by atoms with Gasteiger partial charge in [-0.25, -0.2) is 4.98 Å². The highest BCUT2D eigenvalue weighted by Gasteiger charge is 2.37. The number of piperidine rings is 1. The first-order chi connectivity index (χ1) is 7.53. The Morgan fingerprint density at radius 2 is 2.44 bits per heavy atom. The maximum atomic E-state index is 9.83. The fraction of sp³-hybridized carbons (Fsp3) is 0.700. The Hall–Kier alpha value is -0.690. The summed E-state index contributed by atoms with van der Waals surface area (Å²) in [5.41, 5.74) is -0.361. The molecule has 0 bridgehead atoms. The summed E-state index contributed by atoms with van der Waals surface area (Å²) in [4.78, 5) is 6.17. The third kappa shape index (κ3) is 2.20. The highest BCUT2D eigenvalue weighted by atomic mass is 32.1. The van der Waals surface area contributed by atoms with E-state index in [4.69, 9.17) is 5.11 Å². The van der Waals surface area contributed by atoms with E-state index >= 15 is 0 Å². The topological polar surface area (TPSA) is 76.8 Å². The molecule has 1 aliphatic rings. The summed E-state index contributed by atoms with van der Waals surface area (Å²) in [7, 11) is 0. The quantitative estimate of drug-likeness (QED) is 0.680. The van der Waals surface area contributed by atoms with E-state index in [2.05, 4.69) is 4.98 Å². The van der Waals surface area contributed by atoms with Gasteiger partial charge in [-0.3, -0.25) is 0 Å². The fourth-order valence-corrected chi connectivity index (χ4v) is 2.57. The lowest BCUT2D eigenvalue weighted by Gasteiger charge is -2.39. The normalized spacial score (nSPS) is 30.8.